The molecule has 3 fully saturated rings. The summed E-state index contributed by atoms with van der Waals surface area (Å²) in [5.74, 6) is -1.99. The number of carbonyl (C=O) groups is 2. The van der Waals surface area contributed by atoms with E-state index in [4.69, 9.17) is 4.74 Å². The van der Waals surface area contributed by atoms with Crippen LogP contribution >= 0.6 is 0 Å². The van der Waals surface area contributed by atoms with E-state index < -0.39 is 17.7 Å². The van der Waals surface area contributed by atoms with Gasteiger partial charge in [-0.05, 0) is 25.0 Å². The normalized spacial score (nSPS) is 36.2. The van der Waals surface area contributed by atoms with Gasteiger partial charge in [0.1, 0.15) is 5.82 Å². The third-order valence-corrected chi connectivity index (χ3v) is 4.38. The summed E-state index contributed by atoms with van der Waals surface area (Å²) in [6.45, 7) is 0. The lowest BCUT2D eigenvalue weighted by Crippen LogP contribution is -2.34. The van der Waals surface area contributed by atoms with Gasteiger partial charge in [-0.3, -0.25) is 9.59 Å². The zero-order valence-electron chi connectivity index (χ0n) is 10.1. The molecule has 98 valence electrons. The Kier molecular flexibility index (Phi) is 2.12. The van der Waals surface area contributed by atoms with Gasteiger partial charge in [0, 0.05) is 0 Å². The zero-order valence-corrected chi connectivity index (χ0v) is 10.1. The van der Waals surface area contributed by atoms with Crippen molar-refractivity contribution in [3.63, 3.8) is 0 Å². The predicted octanol–water partition coefficient (Wildman–Crippen LogP) is 1.49. The average molecular weight is 261 g/mol. The molecule has 1 aromatic carbocycles. The van der Waals surface area contributed by atoms with Crippen molar-refractivity contribution in [1.82, 2.24) is 0 Å². The number of hydrogen-bond donors (Lipinski definition) is 0. The number of para-hydroxylation sites is 1. The minimum Gasteiger partial charge on any atom is -0.373 e. The van der Waals surface area contributed by atoms with E-state index in [9.17, 15) is 14.0 Å². The molecule has 1 aromatic rings. The Balaban J connectivity index is 1.78. The average Bonchev–Trinajstić information content (AvgIpc) is 3.06. The van der Waals surface area contributed by atoms with Gasteiger partial charge in [-0.2, -0.15) is 0 Å². The Morgan fingerprint density at radius 2 is 1.63 bits per heavy atom. The van der Waals surface area contributed by atoms with Crippen LogP contribution in [0.1, 0.15) is 12.8 Å². The molecule has 3 aliphatic heterocycles. The smallest absolute Gasteiger partial charge is 0.240 e. The van der Waals surface area contributed by atoms with Crippen molar-refractivity contribution in [2.75, 3.05) is 4.90 Å². The monoisotopic (exact) mass is 261 g/mol. The maximum atomic E-state index is 13.8. The first kappa shape index (κ1) is 11.1. The molecule has 4 atom stereocenters. The van der Waals surface area contributed by atoms with Crippen LogP contribution in [-0.4, -0.2) is 24.0 Å². The second-order valence-corrected chi connectivity index (χ2v) is 5.31. The number of halogens is 1. The molecule has 2 bridgehead atoms. The molecular formula is C14H12FNO3. The van der Waals surface area contributed by atoms with Crippen LogP contribution < -0.4 is 4.90 Å². The van der Waals surface area contributed by atoms with Gasteiger partial charge in [0.05, 0.1) is 29.7 Å². The largest absolute Gasteiger partial charge is 0.373 e. The molecule has 3 aliphatic rings. The minimum absolute atomic E-state index is 0.0614. The SMILES string of the molecule is O=C1[C@@H]2[C@H](C(=O)N1c1ccccc1F)[C@H]1CC[C@@H]2O1. The highest BCUT2D eigenvalue weighted by atomic mass is 19.1. The molecule has 0 aromatic heterocycles. The fraction of sp³-hybridized carbons (Fsp3) is 0.429. The van der Waals surface area contributed by atoms with Crippen LogP contribution in [0.25, 0.3) is 0 Å². The van der Waals surface area contributed by atoms with Crippen molar-refractivity contribution in [2.24, 2.45) is 11.8 Å². The van der Waals surface area contributed by atoms with Crippen LogP contribution in [-0.2, 0) is 14.3 Å². The molecule has 5 heteroatoms. The molecule has 19 heavy (non-hydrogen) atoms. The molecule has 0 saturated carbocycles. The van der Waals surface area contributed by atoms with Gasteiger partial charge in [-0.15, -0.1) is 0 Å². The summed E-state index contributed by atoms with van der Waals surface area (Å²) in [7, 11) is 0. The molecule has 2 amide bonds. The molecule has 0 unspecified atom stereocenters. The van der Waals surface area contributed by atoms with Crippen LogP contribution in [0, 0.1) is 17.7 Å². The van der Waals surface area contributed by atoms with Crippen molar-refractivity contribution < 1.29 is 18.7 Å². The number of amides is 2. The first-order valence-corrected chi connectivity index (χ1v) is 6.46. The third-order valence-electron chi connectivity index (χ3n) is 4.38. The van der Waals surface area contributed by atoms with Gasteiger partial charge in [-0.25, -0.2) is 9.29 Å². The van der Waals surface area contributed by atoms with E-state index in [0.29, 0.717) is 0 Å². The van der Waals surface area contributed by atoms with Gasteiger partial charge in [0.15, 0.2) is 0 Å². The van der Waals surface area contributed by atoms with Crippen LogP contribution in [0.3, 0.4) is 0 Å². The molecule has 3 heterocycles. The molecule has 0 N–H and O–H groups in total. The fourth-order valence-electron chi connectivity index (χ4n) is 3.58. The van der Waals surface area contributed by atoms with Gasteiger partial charge < -0.3 is 4.74 Å². The van der Waals surface area contributed by atoms with Crippen molar-refractivity contribution in [3.05, 3.63) is 30.1 Å². The summed E-state index contributed by atoms with van der Waals surface area (Å²) in [5.41, 5.74) is 0.0614. The van der Waals surface area contributed by atoms with E-state index >= 15 is 0 Å². The molecule has 4 nitrogen and oxygen atoms in total. The maximum Gasteiger partial charge on any atom is 0.240 e. The molecule has 3 saturated heterocycles. The lowest BCUT2D eigenvalue weighted by Gasteiger charge is -2.17. The topological polar surface area (TPSA) is 46.6 Å². The molecule has 0 radical (unpaired) electrons. The number of fused-ring (bicyclic) bond motifs is 5. The number of nitrogens with zero attached hydrogens (tertiary/aromatic N) is 1. The number of anilines is 1. The van der Waals surface area contributed by atoms with Crippen molar-refractivity contribution in [3.8, 4) is 0 Å². The second kappa shape index (κ2) is 3.63. The summed E-state index contributed by atoms with van der Waals surface area (Å²) in [6.07, 6.45) is 1.30. The number of ether oxygens (including phenoxy) is 1. The van der Waals surface area contributed by atoms with E-state index in [1.807, 2.05) is 0 Å². The number of rotatable bonds is 1. The first-order valence-electron chi connectivity index (χ1n) is 6.46. The van der Waals surface area contributed by atoms with Gasteiger partial charge in [0.25, 0.3) is 0 Å². The summed E-state index contributed by atoms with van der Waals surface area (Å²) >= 11 is 0. The van der Waals surface area contributed by atoms with Crippen LogP contribution in [0.2, 0.25) is 0 Å². The van der Waals surface area contributed by atoms with Gasteiger partial charge in [-0.1, -0.05) is 12.1 Å². The van der Waals surface area contributed by atoms with Gasteiger partial charge in [0.2, 0.25) is 11.8 Å². The summed E-state index contributed by atoms with van der Waals surface area (Å²) < 4.78 is 19.4. The fourth-order valence-corrected chi connectivity index (χ4v) is 3.58. The Labute approximate surface area is 109 Å². The molecular weight excluding hydrogens is 249 g/mol. The zero-order chi connectivity index (χ0) is 13.1. The van der Waals surface area contributed by atoms with Crippen LogP contribution in [0.4, 0.5) is 10.1 Å². The number of hydrogen-bond acceptors (Lipinski definition) is 3. The number of carbonyl (C=O) groups excluding carboxylic acids is 2. The van der Waals surface area contributed by atoms with E-state index in [1.165, 1.54) is 18.2 Å². The standard InChI is InChI=1S/C14H12FNO3/c15-7-3-1-2-4-8(7)16-13(17)11-9-5-6-10(19-9)12(11)14(16)18/h1-4,9-12H,5-6H2/t9-,10+,11-,12+. The highest BCUT2D eigenvalue weighted by Crippen LogP contribution is 2.49. The lowest BCUT2D eigenvalue weighted by molar-refractivity contribution is -0.124. The van der Waals surface area contributed by atoms with Crippen LogP contribution in [0.15, 0.2) is 24.3 Å². The highest BCUT2D eigenvalue weighted by molar-refractivity contribution is 6.22. The lowest BCUT2D eigenvalue weighted by atomic mass is 9.81. The number of imide groups is 1. The Morgan fingerprint density at radius 1 is 1.05 bits per heavy atom. The van der Waals surface area contributed by atoms with Crippen molar-refractivity contribution >= 4 is 17.5 Å². The third kappa shape index (κ3) is 1.31. The Hall–Kier alpha value is -1.75. The second-order valence-electron chi connectivity index (χ2n) is 5.31. The minimum atomic E-state index is -0.544. The summed E-state index contributed by atoms with van der Waals surface area (Å²) in [5, 5.41) is 0. The van der Waals surface area contributed by atoms with E-state index in [-0.39, 0.29) is 29.7 Å². The quantitative estimate of drug-likeness (QED) is 0.720. The Morgan fingerprint density at radius 3 is 2.21 bits per heavy atom. The van der Waals surface area contributed by atoms with E-state index in [1.54, 1.807) is 6.07 Å². The Bertz CT molecular complexity index is 560. The van der Waals surface area contributed by atoms with E-state index in [0.717, 1.165) is 17.7 Å². The van der Waals surface area contributed by atoms with Gasteiger partial charge >= 0.3 is 0 Å². The maximum absolute atomic E-state index is 13.8. The first-order chi connectivity index (χ1) is 9.18. The molecule has 4 rings (SSSR count). The highest BCUT2D eigenvalue weighted by Gasteiger charge is 2.62. The van der Waals surface area contributed by atoms with Crippen molar-refractivity contribution in [1.29, 1.82) is 0 Å². The van der Waals surface area contributed by atoms with Crippen molar-refractivity contribution in [2.45, 2.75) is 25.0 Å². The summed E-state index contributed by atoms with van der Waals surface area (Å²) in [6, 6.07) is 5.89. The summed E-state index contributed by atoms with van der Waals surface area (Å²) in [4.78, 5) is 25.8. The van der Waals surface area contributed by atoms with Crippen LogP contribution in [0.5, 0.6) is 0 Å². The molecule has 0 spiro atoms. The molecule has 0 aliphatic carbocycles. The predicted molar refractivity (Wildman–Crippen MR) is 63.8 cm³/mol. The number of benzene rings is 1. The van der Waals surface area contributed by atoms with E-state index in [2.05, 4.69) is 0 Å².